The molecule has 1 unspecified atom stereocenters. The molecule has 0 saturated heterocycles. The molecule has 2 rings (SSSR count). The van der Waals surface area contributed by atoms with Crippen LogP contribution in [-0.4, -0.2) is 38.9 Å². The van der Waals surface area contributed by atoms with Crippen LogP contribution in [0.3, 0.4) is 0 Å². The average molecular weight is 306 g/mol. The van der Waals surface area contributed by atoms with Gasteiger partial charge in [0.2, 0.25) is 5.91 Å². The number of carbonyl (C=O) groups excluding carboxylic acids is 2. The summed E-state index contributed by atoms with van der Waals surface area (Å²) in [6, 6.07) is -0.0200. The van der Waals surface area contributed by atoms with Gasteiger partial charge in [0.25, 0.3) is 5.91 Å². The van der Waals surface area contributed by atoms with Gasteiger partial charge in [0.05, 0.1) is 6.04 Å². The lowest BCUT2D eigenvalue weighted by molar-refractivity contribution is -0.135. The first-order valence-electron chi connectivity index (χ1n) is 7.97. The molecule has 0 aromatic carbocycles. The van der Waals surface area contributed by atoms with Crippen LogP contribution >= 0.6 is 0 Å². The summed E-state index contributed by atoms with van der Waals surface area (Å²) < 4.78 is 1.99. The Balaban J connectivity index is 2.16. The van der Waals surface area contributed by atoms with E-state index in [1.54, 1.807) is 6.20 Å². The maximum atomic E-state index is 12.3. The predicted octanol–water partition coefficient (Wildman–Crippen LogP) is 1.97. The standard InChI is InChI=1S/C16H26N4O2/c1-10(2)8-14(21)20-7-6-19-9-13(16(22)17-11(3)4)18-15(19)12(20)5/h9-12H,6-8H2,1-5H3,(H,17,22). The van der Waals surface area contributed by atoms with Gasteiger partial charge >= 0.3 is 0 Å². The van der Waals surface area contributed by atoms with Crippen LogP contribution in [0.2, 0.25) is 0 Å². The van der Waals surface area contributed by atoms with Crippen LogP contribution in [0.25, 0.3) is 0 Å². The van der Waals surface area contributed by atoms with Crippen LogP contribution in [0, 0.1) is 5.92 Å². The summed E-state index contributed by atoms with van der Waals surface area (Å²) in [4.78, 5) is 30.7. The summed E-state index contributed by atoms with van der Waals surface area (Å²) in [5.74, 6) is 1.13. The highest BCUT2D eigenvalue weighted by molar-refractivity contribution is 5.92. The van der Waals surface area contributed by atoms with Crippen LogP contribution in [-0.2, 0) is 11.3 Å². The Bertz CT molecular complexity index is 562. The lowest BCUT2D eigenvalue weighted by atomic mass is 10.1. The van der Waals surface area contributed by atoms with Crippen molar-refractivity contribution in [3.8, 4) is 0 Å². The first-order valence-corrected chi connectivity index (χ1v) is 7.97. The largest absolute Gasteiger partial charge is 0.348 e. The fourth-order valence-corrected chi connectivity index (χ4v) is 2.74. The van der Waals surface area contributed by atoms with Crippen molar-refractivity contribution in [2.24, 2.45) is 5.92 Å². The van der Waals surface area contributed by atoms with Crippen molar-refractivity contribution in [2.75, 3.05) is 6.54 Å². The number of rotatable bonds is 4. The Morgan fingerprint density at radius 3 is 2.59 bits per heavy atom. The Morgan fingerprint density at radius 1 is 1.32 bits per heavy atom. The van der Waals surface area contributed by atoms with E-state index >= 15 is 0 Å². The molecule has 0 bridgehead atoms. The molecular weight excluding hydrogens is 280 g/mol. The smallest absolute Gasteiger partial charge is 0.271 e. The number of fused-ring (bicyclic) bond motifs is 1. The number of hydrogen-bond donors (Lipinski definition) is 1. The Kier molecular flexibility index (Phi) is 4.88. The van der Waals surface area contributed by atoms with Crippen LogP contribution < -0.4 is 5.32 Å². The third-order valence-electron chi connectivity index (χ3n) is 3.79. The lowest BCUT2D eigenvalue weighted by Gasteiger charge is -2.34. The Morgan fingerprint density at radius 2 is 2.00 bits per heavy atom. The third kappa shape index (κ3) is 3.48. The zero-order valence-corrected chi connectivity index (χ0v) is 14.1. The van der Waals surface area contributed by atoms with Gasteiger partial charge in [-0.3, -0.25) is 9.59 Å². The molecule has 6 nitrogen and oxygen atoms in total. The summed E-state index contributed by atoms with van der Waals surface area (Å²) in [6.07, 6.45) is 2.33. The predicted molar refractivity (Wildman–Crippen MR) is 84.4 cm³/mol. The van der Waals surface area contributed by atoms with Crippen LogP contribution in [0.1, 0.15) is 63.4 Å². The van der Waals surface area contributed by atoms with E-state index in [-0.39, 0.29) is 23.9 Å². The van der Waals surface area contributed by atoms with Crippen molar-refractivity contribution in [1.29, 1.82) is 0 Å². The van der Waals surface area contributed by atoms with Gasteiger partial charge in [0.1, 0.15) is 11.5 Å². The van der Waals surface area contributed by atoms with Crippen molar-refractivity contribution in [3.63, 3.8) is 0 Å². The van der Waals surface area contributed by atoms with Gasteiger partial charge in [-0.1, -0.05) is 13.8 Å². The van der Waals surface area contributed by atoms with Crippen molar-refractivity contribution < 1.29 is 9.59 Å². The van der Waals surface area contributed by atoms with E-state index in [1.807, 2.05) is 44.1 Å². The van der Waals surface area contributed by atoms with Crippen LogP contribution in [0.4, 0.5) is 0 Å². The summed E-state index contributed by atoms with van der Waals surface area (Å²) in [5.41, 5.74) is 0.425. The lowest BCUT2D eigenvalue weighted by Crippen LogP contribution is -2.41. The molecule has 1 N–H and O–H groups in total. The normalized spacial score (nSPS) is 17.8. The van der Waals surface area contributed by atoms with Crippen LogP contribution in [0.15, 0.2) is 6.20 Å². The number of aromatic nitrogens is 2. The minimum atomic E-state index is -0.163. The van der Waals surface area contributed by atoms with Gasteiger partial charge in [-0.15, -0.1) is 0 Å². The molecule has 0 fully saturated rings. The molecule has 1 aromatic rings. The van der Waals surface area contributed by atoms with Crippen molar-refractivity contribution in [2.45, 2.75) is 59.7 Å². The highest BCUT2D eigenvalue weighted by Gasteiger charge is 2.30. The molecule has 1 atom stereocenters. The summed E-state index contributed by atoms with van der Waals surface area (Å²) >= 11 is 0. The maximum Gasteiger partial charge on any atom is 0.271 e. The van der Waals surface area contributed by atoms with E-state index in [0.717, 1.165) is 5.82 Å². The van der Waals surface area contributed by atoms with Gasteiger partial charge in [0, 0.05) is 31.7 Å². The number of hydrogen-bond acceptors (Lipinski definition) is 3. The first kappa shape index (κ1) is 16.5. The Labute approximate surface area is 131 Å². The van der Waals surface area contributed by atoms with Gasteiger partial charge in [0.15, 0.2) is 0 Å². The monoisotopic (exact) mass is 306 g/mol. The van der Waals surface area contributed by atoms with Crippen molar-refractivity contribution in [1.82, 2.24) is 19.8 Å². The quantitative estimate of drug-likeness (QED) is 0.925. The second-order valence-corrected chi connectivity index (χ2v) is 6.67. The van der Waals surface area contributed by atoms with Gasteiger partial charge in [-0.2, -0.15) is 0 Å². The molecule has 6 heteroatoms. The topological polar surface area (TPSA) is 67.2 Å². The minimum Gasteiger partial charge on any atom is -0.348 e. The van der Waals surface area contributed by atoms with Gasteiger partial charge in [-0.25, -0.2) is 4.98 Å². The molecular formula is C16H26N4O2. The number of imidazole rings is 1. The van der Waals surface area contributed by atoms with Crippen molar-refractivity contribution in [3.05, 3.63) is 17.7 Å². The highest BCUT2D eigenvalue weighted by atomic mass is 16.2. The molecule has 1 aliphatic rings. The number of carbonyl (C=O) groups is 2. The Hall–Kier alpha value is -1.85. The van der Waals surface area contributed by atoms with E-state index in [9.17, 15) is 9.59 Å². The summed E-state index contributed by atoms with van der Waals surface area (Å²) in [6.45, 7) is 11.3. The van der Waals surface area contributed by atoms with Gasteiger partial charge < -0.3 is 14.8 Å². The zero-order chi connectivity index (χ0) is 16.4. The van der Waals surface area contributed by atoms with E-state index in [2.05, 4.69) is 10.3 Å². The first-order chi connectivity index (χ1) is 10.3. The van der Waals surface area contributed by atoms with Crippen LogP contribution in [0.5, 0.6) is 0 Å². The molecule has 1 aliphatic heterocycles. The minimum absolute atomic E-state index is 0.0766. The summed E-state index contributed by atoms with van der Waals surface area (Å²) in [5, 5.41) is 2.85. The molecule has 2 heterocycles. The molecule has 0 radical (unpaired) electrons. The van der Waals surface area contributed by atoms with Crippen molar-refractivity contribution >= 4 is 11.8 Å². The number of nitrogens with one attached hydrogen (secondary N) is 1. The zero-order valence-electron chi connectivity index (χ0n) is 14.1. The second-order valence-electron chi connectivity index (χ2n) is 6.67. The fraction of sp³-hybridized carbons (Fsp3) is 0.688. The SMILES string of the molecule is CC(C)CC(=O)N1CCn2cc(C(=O)NC(C)C)nc2C1C. The molecule has 0 saturated carbocycles. The highest BCUT2D eigenvalue weighted by Crippen LogP contribution is 2.25. The molecule has 0 aliphatic carbocycles. The second kappa shape index (κ2) is 6.50. The molecule has 1 aromatic heterocycles. The molecule has 122 valence electrons. The molecule has 0 spiro atoms. The van der Waals surface area contributed by atoms with E-state index in [4.69, 9.17) is 0 Å². The molecule has 2 amide bonds. The van der Waals surface area contributed by atoms with E-state index in [1.165, 1.54) is 0 Å². The third-order valence-corrected chi connectivity index (χ3v) is 3.79. The van der Waals surface area contributed by atoms with E-state index < -0.39 is 0 Å². The number of amides is 2. The number of nitrogens with zero attached hydrogens (tertiary/aromatic N) is 3. The van der Waals surface area contributed by atoms with E-state index in [0.29, 0.717) is 31.1 Å². The molecule has 22 heavy (non-hydrogen) atoms. The summed E-state index contributed by atoms with van der Waals surface area (Å²) in [7, 11) is 0. The maximum absolute atomic E-state index is 12.3. The van der Waals surface area contributed by atoms with Gasteiger partial charge in [-0.05, 0) is 26.7 Å². The fourth-order valence-electron chi connectivity index (χ4n) is 2.74. The average Bonchev–Trinajstić information content (AvgIpc) is 2.82.